The fourth-order valence-electron chi connectivity index (χ4n) is 1.60. The van der Waals surface area contributed by atoms with Gasteiger partial charge in [-0.1, -0.05) is 0 Å². The van der Waals surface area contributed by atoms with E-state index in [1.54, 1.807) is 0 Å². The van der Waals surface area contributed by atoms with Crippen LogP contribution in [0.5, 0.6) is 0 Å². The number of ether oxygens (including phenoxy) is 1. The summed E-state index contributed by atoms with van der Waals surface area (Å²) in [4.78, 5) is 12.1. The van der Waals surface area contributed by atoms with Gasteiger partial charge in [0.15, 0.2) is 0 Å². The first kappa shape index (κ1) is 17.6. The number of nitrogens with zero attached hydrogens (tertiary/aromatic N) is 1. The molecule has 1 amide bonds. The maximum Gasteiger partial charge on any atom is 0.251 e. The normalized spacial score (nSPS) is 13.2. The highest BCUT2D eigenvalue weighted by molar-refractivity contribution is 7.89. The number of sulfonamides is 1. The summed E-state index contributed by atoms with van der Waals surface area (Å²) < 4.78 is 29.8. The smallest absolute Gasteiger partial charge is 0.251 e. The summed E-state index contributed by atoms with van der Waals surface area (Å²) in [6.45, 7) is -0.0536. The van der Waals surface area contributed by atoms with Crippen LogP contribution in [0.1, 0.15) is 10.4 Å². The lowest BCUT2D eigenvalue weighted by atomic mass is 10.2. The summed E-state index contributed by atoms with van der Waals surface area (Å²) in [5.41, 5.74) is 0.308. The van der Waals surface area contributed by atoms with Gasteiger partial charge in [-0.3, -0.25) is 4.79 Å². The summed E-state index contributed by atoms with van der Waals surface area (Å²) in [6.07, 6.45) is 0. The molecule has 0 aliphatic rings. The maximum absolute atomic E-state index is 11.9. The first-order valence-corrected chi connectivity index (χ1v) is 7.70. The number of aliphatic hydroxyl groups excluding tert-OH is 1. The molecule has 0 saturated carbocycles. The Kier molecular flexibility index (Phi) is 6.28. The predicted octanol–water partition coefficient (Wildman–Crippen LogP) is -0.326. The van der Waals surface area contributed by atoms with Gasteiger partial charge >= 0.3 is 0 Å². The van der Waals surface area contributed by atoms with Crippen LogP contribution in [0.4, 0.5) is 0 Å². The molecule has 0 aliphatic heterocycles. The van der Waals surface area contributed by atoms with Crippen molar-refractivity contribution in [2.24, 2.45) is 0 Å². The largest absolute Gasteiger partial charge is 0.394 e. The number of amides is 1. The van der Waals surface area contributed by atoms with E-state index in [1.165, 1.54) is 45.5 Å². The van der Waals surface area contributed by atoms with Crippen molar-refractivity contribution in [3.05, 3.63) is 29.8 Å². The fraction of sp³-hybridized carbons (Fsp3) is 0.462. The van der Waals surface area contributed by atoms with Crippen molar-refractivity contribution in [1.82, 2.24) is 9.62 Å². The van der Waals surface area contributed by atoms with Gasteiger partial charge in [0.2, 0.25) is 10.0 Å². The van der Waals surface area contributed by atoms with E-state index in [0.29, 0.717) is 5.56 Å². The standard InChI is InChI=1S/C13H20N2O5S/c1-15(2)21(18,19)12-6-4-10(5-7-12)13(17)14-11(8-16)9-20-3/h4-7,11,16H,8-9H2,1-3H3,(H,14,17). The van der Waals surface area contributed by atoms with Gasteiger partial charge in [-0.15, -0.1) is 0 Å². The molecule has 0 radical (unpaired) electrons. The fourth-order valence-corrected chi connectivity index (χ4v) is 2.50. The van der Waals surface area contributed by atoms with E-state index in [1.807, 2.05) is 0 Å². The van der Waals surface area contributed by atoms with E-state index in [2.05, 4.69) is 5.32 Å². The molecule has 0 aromatic heterocycles. The number of hydrogen-bond donors (Lipinski definition) is 2. The van der Waals surface area contributed by atoms with E-state index in [0.717, 1.165) is 4.31 Å². The molecule has 118 valence electrons. The second-order valence-electron chi connectivity index (χ2n) is 4.62. The van der Waals surface area contributed by atoms with E-state index < -0.39 is 22.0 Å². The maximum atomic E-state index is 11.9. The monoisotopic (exact) mass is 316 g/mol. The Balaban J connectivity index is 2.85. The molecule has 0 spiro atoms. The highest BCUT2D eigenvalue weighted by atomic mass is 32.2. The van der Waals surface area contributed by atoms with E-state index in [-0.39, 0.29) is 18.1 Å². The first-order valence-electron chi connectivity index (χ1n) is 6.26. The summed E-state index contributed by atoms with van der Waals surface area (Å²) in [7, 11) is 0.828. The lowest BCUT2D eigenvalue weighted by Gasteiger charge is -2.15. The molecule has 0 heterocycles. The zero-order chi connectivity index (χ0) is 16.0. The number of nitrogens with one attached hydrogen (secondary N) is 1. The van der Waals surface area contributed by atoms with E-state index in [9.17, 15) is 13.2 Å². The van der Waals surface area contributed by atoms with E-state index >= 15 is 0 Å². The topological polar surface area (TPSA) is 95.9 Å². The van der Waals surface area contributed by atoms with Crippen molar-refractivity contribution < 1.29 is 23.1 Å². The van der Waals surface area contributed by atoms with Crippen molar-refractivity contribution in [3.63, 3.8) is 0 Å². The minimum atomic E-state index is -3.51. The summed E-state index contributed by atoms with van der Waals surface area (Å²) in [5, 5.41) is 11.7. The molecule has 2 N–H and O–H groups in total. The zero-order valence-electron chi connectivity index (χ0n) is 12.2. The lowest BCUT2D eigenvalue weighted by Crippen LogP contribution is -2.40. The highest BCUT2D eigenvalue weighted by Crippen LogP contribution is 2.14. The van der Waals surface area contributed by atoms with Crippen molar-refractivity contribution in [1.29, 1.82) is 0 Å². The minimum Gasteiger partial charge on any atom is -0.394 e. The van der Waals surface area contributed by atoms with Crippen LogP contribution in [0.25, 0.3) is 0 Å². The zero-order valence-corrected chi connectivity index (χ0v) is 13.1. The van der Waals surface area contributed by atoms with Gasteiger partial charge < -0.3 is 15.2 Å². The predicted molar refractivity (Wildman–Crippen MR) is 77.5 cm³/mol. The Morgan fingerprint density at radius 3 is 2.33 bits per heavy atom. The Hall–Kier alpha value is -1.48. The quantitative estimate of drug-likeness (QED) is 0.718. The molecular weight excluding hydrogens is 296 g/mol. The molecule has 8 heteroatoms. The molecule has 21 heavy (non-hydrogen) atoms. The molecule has 0 fully saturated rings. The third-order valence-electron chi connectivity index (χ3n) is 2.82. The number of benzene rings is 1. The summed E-state index contributed by atoms with van der Waals surface area (Å²) >= 11 is 0. The van der Waals surface area contributed by atoms with Crippen molar-refractivity contribution in [2.75, 3.05) is 34.4 Å². The van der Waals surface area contributed by atoms with Crippen LogP contribution in [0.3, 0.4) is 0 Å². The molecular formula is C13H20N2O5S. The molecule has 1 unspecified atom stereocenters. The van der Waals surface area contributed by atoms with Crippen LogP contribution in [0, 0.1) is 0 Å². The molecule has 0 aliphatic carbocycles. The SMILES string of the molecule is COCC(CO)NC(=O)c1ccc(S(=O)(=O)N(C)C)cc1. The molecule has 1 aromatic carbocycles. The summed E-state index contributed by atoms with van der Waals surface area (Å²) in [5.74, 6) is -0.403. The van der Waals surface area contributed by atoms with Crippen LogP contribution in [-0.4, -0.2) is 64.2 Å². The van der Waals surface area contributed by atoms with E-state index in [4.69, 9.17) is 9.84 Å². The molecule has 1 aromatic rings. The lowest BCUT2D eigenvalue weighted by molar-refractivity contribution is 0.0839. The van der Waals surface area contributed by atoms with Crippen LogP contribution in [0.15, 0.2) is 29.2 Å². The Labute approximate surface area is 124 Å². The molecule has 0 saturated heterocycles. The van der Waals surface area contributed by atoms with Crippen molar-refractivity contribution in [3.8, 4) is 0 Å². The number of carbonyl (C=O) groups excluding carboxylic acids is 1. The second kappa shape index (κ2) is 7.51. The van der Waals surface area contributed by atoms with Gasteiger partial charge in [0.05, 0.1) is 24.2 Å². The second-order valence-corrected chi connectivity index (χ2v) is 6.77. The molecule has 1 rings (SSSR count). The van der Waals surface area contributed by atoms with Gasteiger partial charge in [-0.25, -0.2) is 12.7 Å². The minimum absolute atomic E-state index is 0.111. The van der Waals surface area contributed by atoms with Gasteiger partial charge in [0.1, 0.15) is 0 Å². The average Bonchev–Trinajstić information content (AvgIpc) is 2.46. The molecule has 0 bridgehead atoms. The van der Waals surface area contributed by atoms with Crippen LogP contribution in [-0.2, 0) is 14.8 Å². The first-order chi connectivity index (χ1) is 9.82. The number of aliphatic hydroxyl groups is 1. The van der Waals surface area contributed by atoms with Gasteiger partial charge in [-0.05, 0) is 24.3 Å². The van der Waals surface area contributed by atoms with Gasteiger partial charge in [0, 0.05) is 26.8 Å². The Bertz CT molecular complexity index is 569. The van der Waals surface area contributed by atoms with Crippen LogP contribution in [0.2, 0.25) is 0 Å². The number of rotatable bonds is 7. The van der Waals surface area contributed by atoms with Crippen LogP contribution >= 0.6 is 0 Å². The number of hydrogen-bond acceptors (Lipinski definition) is 5. The molecule has 7 nitrogen and oxygen atoms in total. The van der Waals surface area contributed by atoms with Crippen molar-refractivity contribution >= 4 is 15.9 Å². The average molecular weight is 316 g/mol. The third-order valence-corrected chi connectivity index (χ3v) is 4.65. The Morgan fingerprint density at radius 2 is 1.90 bits per heavy atom. The summed E-state index contributed by atoms with van der Waals surface area (Å²) in [6, 6.07) is 5.08. The number of carbonyl (C=O) groups is 1. The molecule has 1 atom stereocenters. The van der Waals surface area contributed by atoms with Crippen LogP contribution < -0.4 is 5.32 Å². The van der Waals surface area contributed by atoms with Gasteiger partial charge in [0.25, 0.3) is 5.91 Å². The van der Waals surface area contributed by atoms with Crippen molar-refractivity contribution in [2.45, 2.75) is 10.9 Å². The van der Waals surface area contributed by atoms with Gasteiger partial charge in [-0.2, -0.15) is 0 Å². The number of methoxy groups -OCH3 is 1. The third kappa shape index (κ3) is 4.50. The Morgan fingerprint density at radius 1 is 1.33 bits per heavy atom. The highest BCUT2D eigenvalue weighted by Gasteiger charge is 2.18.